The van der Waals surface area contributed by atoms with Crippen LogP contribution in [0.2, 0.25) is 0 Å². The van der Waals surface area contributed by atoms with Gasteiger partial charge in [0.05, 0.1) is 36.0 Å². The van der Waals surface area contributed by atoms with E-state index < -0.39 is 29.5 Å². The summed E-state index contributed by atoms with van der Waals surface area (Å²) in [5.74, 6) is -1.10. The molecule has 0 aliphatic carbocycles. The van der Waals surface area contributed by atoms with E-state index in [1.165, 1.54) is 49.3 Å². The zero-order valence-corrected chi connectivity index (χ0v) is 21.1. The summed E-state index contributed by atoms with van der Waals surface area (Å²) in [6.07, 6.45) is 3.14. The van der Waals surface area contributed by atoms with Gasteiger partial charge in [0.25, 0.3) is 0 Å². The normalized spacial score (nSPS) is 18.8. The second kappa shape index (κ2) is 9.23. The van der Waals surface area contributed by atoms with Gasteiger partial charge in [-0.1, -0.05) is 12.1 Å². The third-order valence-electron chi connectivity index (χ3n) is 7.53. The molecule has 2 aromatic carbocycles. The standard InChI is InChI=1S/C27H23F2N7O4/c28-15-4-5-19-21(10-15)35(14-31-19)26-30-11-22-25(32-26)36(20-7-9-40-24-17(20)2-1-3-18(24)29)27(39)34(22)13-23(38)33-8-6-16(37)12-33/h1-5,10-11,14,16,20,37H,6-9,12-13H2/t16?,20-/m1/s1. The molecule has 1 unspecified atom stereocenters. The first-order valence-electron chi connectivity index (χ1n) is 12.9. The molecule has 7 rings (SSSR count). The van der Waals surface area contributed by atoms with Crippen molar-refractivity contribution < 1.29 is 23.4 Å². The van der Waals surface area contributed by atoms with E-state index in [1.54, 1.807) is 18.2 Å². The summed E-state index contributed by atoms with van der Waals surface area (Å²) in [5.41, 5.74) is 1.47. The van der Waals surface area contributed by atoms with Gasteiger partial charge in [-0.3, -0.25) is 18.5 Å². The molecular weight excluding hydrogens is 524 g/mol. The zero-order chi connectivity index (χ0) is 27.5. The molecule has 11 nitrogen and oxygen atoms in total. The van der Waals surface area contributed by atoms with Crippen molar-refractivity contribution in [2.45, 2.75) is 31.5 Å². The van der Waals surface area contributed by atoms with Gasteiger partial charge < -0.3 is 14.7 Å². The van der Waals surface area contributed by atoms with Crippen LogP contribution in [0.15, 0.2) is 53.7 Å². The zero-order valence-electron chi connectivity index (χ0n) is 21.1. The lowest BCUT2D eigenvalue weighted by molar-refractivity contribution is -0.131. The number of fused-ring (bicyclic) bond motifs is 3. The van der Waals surface area contributed by atoms with Crippen molar-refractivity contribution >= 4 is 28.1 Å². The molecule has 13 heteroatoms. The van der Waals surface area contributed by atoms with Gasteiger partial charge in [-0.05, 0) is 24.6 Å². The van der Waals surface area contributed by atoms with Gasteiger partial charge in [-0.25, -0.2) is 23.5 Å². The van der Waals surface area contributed by atoms with E-state index in [0.717, 1.165) is 0 Å². The lowest BCUT2D eigenvalue weighted by Gasteiger charge is -2.26. The highest BCUT2D eigenvalue weighted by Gasteiger charge is 2.32. The van der Waals surface area contributed by atoms with Crippen molar-refractivity contribution in [2.24, 2.45) is 0 Å². The fourth-order valence-corrected chi connectivity index (χ4v) is 5.58. The summed E-state index contributed by atoms with van der Waals surface area (Å²) in [5, 5.41) is 9.88. The Morgan fingerprint density at radius 2 is 2.00 bits per heavy atom. The number of hydrogen-bond acceptors (Lipinski definition) is 7. The molecule has 2 aliphatic rings. The van der Waals surface area contributed by atoms with Crippen molar-refractivity contribution in [3.8, 4) is 11.7 Å². The third-order valence-corrected chi connectivity index (χ3v) is 7.53. The van der Waals surface area contributed by atoms with Crippen molar-refractivity contribution in [3.63, 3.8) is 0 Å². The average molecular weight is 548 g/mol. The summed E-state index contributed by atoms with van der Waals surface area (Å²) < 4.78 is 38.5. The molecule has 1 N–H and O–H groups in total. The molecule has 0 spiro atoms. The highest BCUT2D eigenvalue weighted by atomic mass is 19.1. The van der Waals surface area contributed by atoms with Gasteiger partial charge in [-0.15, -0.1) is 0 Å². The van der Waals surface area contributed by atoms with Crippen LogP contribution in [-0.2, 0) is 11.3 Å². The summed E-state index contributed by atoms with van der Waals surface area (Å²) >= 11 is 0. The molecule has 0 radical (unpaired) electrons. The van der Waals surface area contributed by atoms with Crippen LogP contribution in [0.1, 0.15) is 24.4 Å². The summed E-state index contributed by atoms with van der Waals surface area (Å²) in [6, 6.07) is 8.08. The maximum atomic E-state index is 14.6. The summed E-state index contributed by atoms with van der Waals surface area (Å²) in [7, 11) is 0. The fourth-order valence-electron chi connectivity index (χ4n) is 5.58. The Labute approximate surface area is 224 Å². The number of rotatable bonds is 4. The maximum absolute atomic E-state index is 14.6. The number of aliphatic hydroxyl groups is 1. The molecule has 3 aromatic heterocycles. The van der Waals surface area contributed by atoms with Crippen molar-refractivity contribution in [1.82, 2.24) is 33.6 Å². The van der Waals surface area contributed by atoms with Crippen LogP contribution in [0.25, 0.3) is 28.1 Å². The van der Waals surface area contributed by atoms with Gasteiger partial charge in [0.1, 0.15) is 24.2 Å². The molecule has 2 atom stereocenters. The van der Waals surface area contributed by atoms with Gasteiger partial charge in [0.15, 0.2) is 17.2 Å². The van der Waals surface area contributed by atoms with Crippen LogP contribution in [0.3, 0.4) is 0 Å². The molecule has 40 heavy (non-hydrogen) atoms. The number of carbonyl (C=O) groups is 1. The van der Waals surface area contributed by atoms with Gasteiger partial charge in [0.2, 0.25) is 11.9 Å². The number of halogens is 2. The minimum atomic E-state index is -0.626. The number of para-hydroxylation sites is 1. The van der Waals surface area contributed by atoms with Crippen LogP contribution in [0.4, 0.5) is 8.78 Å². The van der Waals surface area contributed by atoms with Gasteiger partial charge >= 0.3 is 5.69 Å². The van der Waals surface area contributed by atoms with E-state index in [0.29, 0.717) is 41.5 Å². The predicted molar refractivity (Wildman–Crippen MR) is 138 cm³/mol. The number of aliphatic hydroxyl groups excluding tert-OH is 1. The Hall–Kier alpha value is -4.65. The van der Waals surface area contributed by atoms with Crippen LogP contribution in [0.5, 0.6) is 5.75 Å². The number of benzene rings is 2. The number of likely N-dealkylation sites (tertiary alicyclic amines) is 1. The van der Waals surface area contributed by atoms with Crippen LogP contribution in [0, 0.1) is 11.6 Å². The van der Waals surface area contributed by atoms with E-state index in [1.807, 2.05) is 0 Å². The number of imidazole rings is 2. The van der Waals surface area contributed by atoms with E-state index >= 15 is 0 Å². The van der Waals surface area contributed by atoms with E-state index in [9.17, 15) is 23.5 Å². The van der Waals surface area contributed by atoms with Crippen LogP contribution < -0.4 is 10.4 Å². The topological polar surface area (TPSA) is 120 Å². The second-order valence-electron chi connectivity index (χ2n) is 9.96. The summed E-state index contributed by atoms with van der Waals surface area (Å²) in [6.45, 7) is 0.483. The monoisotopic (exact) mass is 547 g/mol. The number of nitrogens with zero attached hydrogens (tertiary/aromatic N) is 7. The molecule has 0 saturated carbocycles. The molecule has 2 aliphatic heterocycles. The first-order chi connectivity index (χ1) is 19.4. The lowest BCUT2D eigenvalue weighted by atomic mass is 10.00. The maximum Gasteiger partial charge on any atom is 0.331 e. The first-order valence-corrected chi connectivity index (χ1v) is 12.9. The molecule has 1 amide bonds. The minimum Gasteiger partial charge on any atom is -0.490 e. The predicted octanol–water partition coefficient (Wildman–Crippen LogP) is 2.18. The van der Waals surface area contributed by atoms with Crippen molar-refractivity contribution in [1.29, 1.82) is 0 Å². The van der Waals surface area contributed by atoms with Gasteiger partial charge in [-0.2, -0.15) is 4.98 Å². The molecule has 5 aromatic rings. The number of aromatic nitrogens is 6. The summed E-state index contributed by atoms with van der Waals surface area (Å²) in [4.78, 5) is 42.0. The highest BCUT2D eigenvalue weighted by molar-refractivity contribution is 5.80. The fraction of sp³-hybridized carbons (Fsp3) is 0.296. The number of hydrogen-bond donors (Lipinski definition) is 1. The Morgan fingerprint density at radius 3 is 2.83 bits per heavy atom. The average Bonchev–Trinajstić information content (AvgIpc) is 3.64. The Morgan fingerprint density at radius 1 is 1.12 bits per heavy atom. The Bertz CT molecular complexity index is 1860. The van der Waals surface area contributed by atoms with E-state index in [2.05, 4.69) is 9.97 Å². The van der Waals surface area contributed by atoms with Crippen molar-refractivity contribution in [3.05, 3.63) is 76.6 Å². The molecule has 1 fully saturated rings. The van der Waals surface area contributed by atoms with Gasteiger partial charge in [0, 0.05) is 31.1 Å². The quantitative estimate of drug-likeness (QED) is 0.366. The van der Waals surface area contributed by atoms with Crippen LogP contribution in [-0.4, -0.2) is 70.4 Å². The Kier molecular flexibility index (Phi) is 5.63. The largest absolute Gasteiger partial charge is 0.490 e. The molecule has 1 saturated heterocycles. The molecule has 5 heterocycles. The number of amides is 1. The first kappa shape index (κ1) is 24.4. The Balaban J connectivity index is 1.41. The second-order valence-corrected chi connectivity index (χ2v) is 9.96. The van der Waals surface area contributed by atoms with Crippen LogP contribution >= 0.6 is 0 Å². The van der Waals surface area contributed by atoms with E-state index in [4.69, 9.17) is 9.72 Å². The molecule has 204 valence electrons. The van der Waals surface area contributed by atoms with Crippen molar-refractivity contribution in [2.75, 3.05) is 19.7 Å². The number of β-amino-alcohol motifs (C(OH)–C–C–N with tert-alkyl or cyclic N) is 1. The number of ether oxygens (including phenoxy) is 1. The van der Waals surface area contributed by atoms with E-state index in [-0.39, 0.29) is 42.9 Å². The molecule has 0 bridgehead atoms. The highest BCUT2D eigenvalue weighted by Crippen LogP contribution is 2.37. The third kappa shape index (κ3) is 3.84. The smallest absolute Gasteiger partial charge is 0.331 e. The lowest BCUT2D eigenvalue weighted by Crippen LogP contribution is -2.37. The number of carbonyl (C=O) groups excluding carboxylic acids is 1. The SMILES string of the molecule is O=C(Cn1c(=O)n([C@@H]2CCOc3c(F)cccc32)c2nc(-n3cnc4ccc(F)cc43)ncc21)N1CCC(O)C1. The molecular formula is C27H23F2N7O4. The minimum absolute atomic E-state index is 0.0686.